The van der Waals surface area contributed by atoms with Crippen LogP contribution in [-0.2, 0) is 0 Å². The maximum atomic E-state index is 5.86. The molecule has 180 valence electrons. The van der Waals surface area contributed by atoms with Gasteiger partial charge in [-0.1, -0.05) is 59.3 Å². The van der Waals surface area contributed by atoms with E-state index in [0.717, 1.165) is 39.4 Å². The van der Waals surface area contributed by atoms with Crippen LogP contribution in [0.1, 0.15) is 30.0 Å². The molecule has 8 heteroatoms. The molecule has 0 spiro atoms. The second-order valence-corrected chi connectivity index (χ2v) is 9.13. The largest absolute Gasteiger partial charge is 0.486 e. The van der Waals surface area contributed by atoms with Gasteiger partial charge in [0.05, 0.1) is 17.3 Å². The topological polar surface area (TPSA) is 72.7 Å². The first-order valence-electron chi connectivity index (χ1n) is 11.8. The Balaban J connectivity index is 1.48. The molecule has 3 aromatic carbocycles. The Labute approximate surface area is 214 Å². The number of aromatic nitrogens is 2. The van der Waals surface area contributed by atoms with Gasteiger partial charge in [-0.3, -0.25) is 4.90 Å². The Hall–Kier alpha value is -4.17. The summed E-state index contributed by atoms with van der Waals surface area (Å²) in [5.41, 5.74) is 5.69. The predicted molar refractivity (Wildman–Crippen MR) is 142 cm³/mol. The third kappa shape index (κ3) is 3.99. The Kier molecular flexibility index (Phi) is 5.65. The monoisotopic (exact) mass is 496 g/mol. The van der Waals surface area contributed by atoms with Crippen molar-refractivity contribution >= 4 is 28.6 Å². The second-order valence-electron chi connectivity index (χ2n) is 8.75. The fourth-order valence-electron chi connectivity index (χ4n) is 4.63. The normalized spacial score (nSPS) is 17.2. The van der Waals surface area contributed by atoms with Gasteiger partial charge in [0.1, 0.15) is 13.2 Å². The number of aryl methyl sites for hydroxylation is 1. The standard InChI is InChI=1S/C28H24N4O3S/c1-17-7-6-10-20(15-17)26-30-27(35-31-26)24-18(2)32(21-11-12-22-23(16-21)34-14-13-33-22)28(36)29-25(24)19-8-4-3-5-9-19/h3-12,15-16,25H,13-14H2,1-2H3,(H,29,36). The molecule has 0 saturated heterocycles. The number of nitrogens with zero attached hydrogens (tertiary/aromatic N) is 3. The molecule has 2 aliphatic rings. The number of allylic oxidation sites excluding steroid dienone is 1. The van der Waals surface area contributed by atoms with E-state index in [0.29, 0.717) is 35.8 Å². The zero-order valence-electron chi connectivity index (χ0n) is 19.9. The van der Waals surface area contributed by atoms with Crippen LogP contribution >= 0.6 is 12.2 Å². The molecule has 4 aromatic rings. The lowest BCUT2D eigenvalue weighted by atomic mass is 9.94. The highest BCUT2D eigenvalue weighted by molar-refractivity contribution is 7.80. The van der Waals surface area contributed by atoms with Crippen molar-refractivity contribution in [2.45, 2.75) is 19.9 Å². The molecule has 1 atom stereocenters. The lowest BCUT2D eigenvalue weighted by molar-refractivity contribution is 0.171. The van der Waals surface area contributed by atoms with Gasteiger partial charge >= 0.3 is 0 Å². The predicted octanol–water partition coefficient (Wildman–Crippen LogP) is 5.68. The van der Waals surface area contributed by atoms with Gasteiger partial charge in [-0.15, -0.1) is 0 Å². The number of hydrogen-bond donors (Lipinski definition) is 1. The average Bonchev–Trinajstić information content (AvgIpc) is 3.39. The lowest BCUT2D eigenvalue weighted by Gasteiger charge is -2.37. The molecule has 1 unspecified atom stereocenters. The van der Waals surface area contributed by atoms with E-state index in [2.05, 4.69) is 22.6 Å². The number of nitrogens with one attached hydrogen (secondary N) is 1. The fourth-order valence-corrected chi connectivity index (χ4v) is 4.99. The van der Waals surface area contributed by atoms with Crippen molar-refractivity contribution in [2.24, 2.45) is 0 Å². The number of benzene rings is 3. The fraction of sp³-hybridized carbons (Fsp3) is 0.179. The van der Waals surface area contributed by atoms with Crippen LogP contribution in [0, 0.1) is 6.92 Å². The minimum Gasteiger partial charge on any atom is -0.486 e. The highest BCUT2D eigenvalue weighted by Gasteiger charge is 2.35. The Morgan fingerprint density at radius 3 is 2.53 bits per heavy atom. The van der Waals surface area contributed by atoms with Crippen molar-refractivity contribution < 1.29 is 14.0 Å². The van der Waals surface area contributed by atoms with Crippen molar-refractivity contribution in [3.05, 3.63) is 95.5 Å². The highest BCUT2D eigenvalue weighted by Crippen LogP contribution is 2.41. The van der Waals surface area contributed by atoms with E-state index in [-0.39, 0.29) is 6.04 Å². The molecule has 36 heavy (non-hydrogen) atoms. The summed E-state index contributed by atoms with van der Waals surface area (Å²) in [6, 6.07) is 23.7. The average molecular weight is 497 g/mol. The summed E-state index contributed by atoms with van der Waals surface area (Å²) < 4.78 is 17.4. The quantitative estimate of drug-likeness (QED) is 0.362. The third-order valence-electron chi connectivity index (χ3n) is 6.33. The van der Waals surface area contributed by atoms with Gasteiger partial charge in [-0.25, -0.2) is 0 Å². The molecule has 1 aromatic heterocycles. The van der Waals surface area contributed by atoms with Crippen LogP contribution in [0.2, 0.25) is 0 Å². The molecule has 0 bridgehead atoms. The van der Waals surface area contributed by atoms with E-state index in [1.807, 2.05) is 79.4 Å². The first-order chi connectivity index (χ1) is 17.6. The van der Waals surface area contributed by atoms with Crippen LogP contribution in [0.5, 0.6) is 11.5 Å². The molecule has 0 aliphatic carbocycles. The van der Waals surface area contributed by atoms with Crippen LogP contribution in [0.25, 0.3) is 17.0 Å². The van der Waals surface area contributed by atoms with Crippen LogP contribution < -0.4 is 19.7 Å². The van der Waals surface area contributed by atoms with Gasteiger partial charge in [0, 0.05) is 17.3 Å². The van der Waals surface area contributed by atoms with Crippen molar-refractivity contribution in [3.63, 3.8) is 0 Å². The van der Waals surface area contributed by atoms with Crippen molar-refractivity contribution in [2.75, 3.05) is 18.1 Å². The summed E-state index contributed by atoms with van der Waals surface area (Å²) in [7, 11) is 0. The Morgan fingerprint density at radius 2 is 1.72 bits per heavy atom. The van der Waals surface area contributed by atoms with Crippen LogP contribution in [0.15, 0.2) is 83.0 Å². The van der Waals surface area contributed by atoms with Gasteiger partial charge in [0.25, 0.3) is 5.89 Å². The number of hydrogen-bond acceptors (Lipinski definition) is 6. The van der Waals surface area contributed by atoms with Crippen molar-refractivity contribution in [3.8, 4) is 22.9 Å². The third-order valence-corrected chi connectivity index (χ3v) is 6.63. The molecule has 0 radical (unpaired) electrons. The Morgan fingerprint density at radius 1 is 0.917 bits per heavy atom. The molecule has 6 rings (SSSR count). The van der Waals surface area contributed by atoms with Crippen LogP contribution in [0.4, 0.5) is 5.69 Å². The van der Waals surface area contributed by atoms with E-state index < -0.39 is 0 Å². The number of fused-ring (bicyclic) bond motifs is 1. The molecule has 0 amide bonds. The summed E-state index contributed by atoms with van der Waals surface area (Å²) in [6.07, 6.45) is 0. The van der Waals surface area contributed by atoms with Crippen LogP contribution in [-0.4, -0.2) is 28.5 Å². The number of thiocarbonyl (C=S) groups is 1. The summed E-state index contributed by atoms with van der Waals surface area (Å²) in [5.74, 6) is 2.40. The lowest BCUT2D eigenvalue weighted by Crippen LogP contribution is -2.46. The van der Waals surface area contributed by atoms with E-state index in [9.17, 15) is 0 Å². The maximum Gasteiger partial charge on any atom is 0.258 e. The zero-order valence-corrected chi connectivity index (χ0v) is 20.7. The van der Waals surface area contributed by atoms with E-state index in [4.69, 9.17) is 31.2 Å². The highest BCUT2D eigenvalue weighted by atomic mass is 32.1. The summed E-state index contributed by atoms with van der Waals surface area (Å²) >= 11 is 5.86. The van der Waals surface area contributed by atoms with E-state index >= 15 is 0 Å². The van der Waals surface area contributed by atoms with Gasteiger partial charge in [0.15, 0.2) is 16.6 Å². The van der Waals surface area contributed by atoms with Crippen LogP contribution in [0.3, 0.4) is 0 Å². The van der Waals surface area contributed by atoms with E-state index in [1.165, 1.54) is 0 Å². The van der Waals surface area contributed by atoms with E-state index in [1.54, 1.807) is 0 Å². The molecule has 2 aliphatic heterocycles. The first kappa shape index (κ1) is 22.3. The molecule has 7 nitrogen and oxygen atoms in total. The molecule has 0 saturated carbocycles. The van der Waals surface area contributed by atoms with Gasteiger partial charge in [-0.2, -0.15) is 4.98 Å². The van der Waals surface area contributed by atoms with Gasteiger partial charge in [0.2, 0.25) is 5.82 Å². The first-order valence-corrected chi connectivity index (χ1v) is 12.2. The minimum atomic E-state index is -0.252. The number of rotatable bonds is 4. The SMILES string of the molecule is CC1=C(c2nc(-c3cccc(C)c3)no2)C(c2ccccc2)NC(=S)N1c1ccc2c(c1)OCCO2. The zero-order chi connectivity index (χ0) is 24.6. The molecular formula is C28H24N4O3S. The maximum absolute atomic E-state index is 5.86. The molecular weight excluding hydrogens is 472 g/mol. The number of anilines is 1. The molecule has 0 fully saturated rings. The smallest absolute Gasteiger partial charge is 0.258 e. The van der Waals surface area contributed by atoms with Gasteiger partial charge < -0.3 is 19.3 Å². The molecule has 1 N–H and O–H groups in total. The Bertz CT molecular complexity index is 1480. The minimum absolute atomic E-state index is 0.252. The number of ether oxygens (including phenoxy) is 2. The van der Waals surface area contributed by atoms with Gasteiger partial charge in [-0.05, 0) is 49.8 Å². The summed E-state index contributed by atoms with van der Waals surface area (Å²) in [6.45, 7) is 5.11. The van der Waals surface area contributed by atoms with Crippen molar-refractivity contribution in [1.82, 2.24) is 15.5 Å². The second kappa shape index (κ2) is 9.13. The van der Waals surface area contributed by atoms with Crippen molar-refractivity contribution in [1.29, 1.82) is 0 Å². The summed E-state index contributed by atoms with van der Waals surface area (Å²) in [5, 5.41) is 8.37. The summed E-state index contributed by atoms with van der Waals surface area (Å²) in [4.78, 5) is 6.78. The molecule has 3 heterocycles.